The van der Waals surface area contributed by atoms with E-state index in [1.807, 2.05) is 66.7 Å². The molecule has 0 spiro atoms. The molecule has 0 aromatic heterocycles. The average molecular weight is 405 g/mol. The van der Waals surface area contributed by atoms with Gasteiger partial charge in [0.1, 0.15) is 11.7 Å². The van der Waals surface area contributed by atoms with Crippen LogP contribution in [0.1, 0.15) is 5.56 Å². The van der Waals surface area contributed by atoms with Crippen molar-refractivity contribution in [1.82, 2.24) is 0 Å². The molecule has 3 atom stereocenters. The summed E-state index contributed by atoms with van der Waals surface area (Å²) in [7, 11) is 2.58. The zero-order chi connectivity index (χ0) is 21.1. The maximum Gasteiger partial charge on any atom is 0.337 e. The fourth-order valence-electron chi connectivity index (χ4n) is 4.14. The first-order valence-electron chi connectivity index (χ1n) is 9.73. The van der Waals surface area contributed by atoms with Crippen LogP contribution in [0.3, 0.4) is 0 Å². The first-order valence-corrected chi connectivity index (χ1v) is 9.73. The van der Waals surface area contributed by atoms with Crippen molar-refractivity contribution in [3.05, 3.63) is 89.5 Å². The lowest BCUT2D eigenvalue weighted by Crippen LogP contribution is -2.49. The molecule has 2 unspecified atom stereocenters. The fourth-order valence-corrected chi connectivity index (χ4v) is 4.14. The van der Waals surface area contributed by atoms with Gasteiger partial charge in [0.15, 0.2) is 0 Å². The number of methoxy groups -OCH3 is 2. The molecule has 154 valence electrons. The number of hydrogen-bond acceptors (Lipinski definition) is 6. The van der Waals surface area contributed by atoms with Gasteiger partial charge in [-0.25, -0.2) is 9.59 Å². The maximum absolute atomic E-state index is 12.8. The van der Waals surface area contributed by atoms with Gasteiger partial charge in [0.25, 0.3) is 0 Å². The number of carbonyl (C=O) groups is 2. The smallest absolute Gasteiger partial charge is 0.337 e. The number of ether oxygens (including phenoxy) is 3. The van der Waals surface area contributed by atoms with Gasteiger partial charge in [-0.3, -0.25) is 0 Å². The number of nitrogens with one attached hydrogen (secondary N) is 1. The number of esters is 2. The monoisotopic (exact) mass is 405 g/mol. The number of rotatable bonds is 7. The summed E-state index contributed by atoms with van der Waals surface area (Å²) in [4.78, 5) is 25.3. The molecule has 2 bridgehead atoms. The molecule has 4 rings (SSSR count). The fraction of sp³-hybridized carbons (Fsp3) is 0.250. The minimum atomic E-state index is -1.16. The third kappa shape index (κ3) is 3.39. The van der Waals surface area contributed by atoms with Gasteiger partial charge in [0.05, 0.1) is 31.4 Å². The Morgan fingerprint density at radius 2 is 1.63 bits per heavy atom. The minimum Gasteiger partial charge on any atom is -0.466 e. The van der Waals surface area contributed by atoms with E-state index in [0.717, 1.165) is 11.3 Å². The molecule has 30 heavy (non-hydrogen) atoms. The summed E-state index contributed by atoms with van der Waals surface area (Å²) in [6.07, 6.45) is 3.55. The Kier molecular flexibility index (Phi) is 5.42. The van der Waals surface area contributed by atoms with Crippen LogP contribution >= 0.6 is 0 Å². The molecule has 0 saturated carbocycles. The first kappa shape index (κ1) is 19.9. The molecule has 0 amide bonds. The second-order valence-corrected chi connectivity index (χ2v) is 7.22. The number of carbonyl (C=O) groups excluding carboxylic acids is 2. The summed E-state index contributed by atoms with van der Waals surface area (Å²) in [5.74, 6) is -1.19. The molecule has 6 heteroatoms. The molecule has 2 aliphatic rings. The van der Waals surface area contributed by atoms with Crippen LogP contribution < -0.4 is 5.32 Å². The summed E-state index contributed by atoms with van der Waals surface area (Å²) >= 11 is 0. The molecule has 0 fully saturated rings. The molecule has 1 N–H and O–H groups in total. The molecule has 6 nitrogen and oxygen atoms in total. The Labute approximate surface area is 175 Å². The van der Waals surface area contributed by atoms with Gasteiger partial charge in [0.2, 0.25) is 0 Å². The van der Waals surface area contributed by atoms with Crippen molar-refractivity contribution in [2.45, 2.75) is 24.2 Å². The third-order valence-electron chi connectivity index (χ3n) is 5.50. The Morgan fingerprint density at radius 3 is 2.27 bits per heavy atom. The van der Waals surface area contributed by atoms with Crippen LogP contribution in [0.25, 0.3) is 0 Å². The number of benzene rings is 2. The zero-order valence-electron chi connectivity index (χ0n) is 16.8. The van der Waals surface area contributed by atoms with Crippen molar-refractivity contribution in [3.63, 3.8) is 0 Å². The van der Waals surface area contributed by atoms with E-state index in [9.17, 15) is 9.59 Å². The van der Waals surface area contributed by atoms with Crippen molar-refractivity contribution in [3.8, 4) is 0 Å². The molecule has 0 saturated heterocycles. The number of hydrogen-bond donors (Lipinski definition) is 1. The molecule has 0 aliphatic carbocycles. The van der Waals surface area contributed by atoms with Crippen molar-refractivity contribution in [1.29, 1.82) is 0 Å². The largest absolute Gasteiger partial charge is 0.466 e. The Morgan fingerprint density at radius 1 is 1.00 bits per heavy atom. The van der Waals surface area contributed by atoms with Crippen molar-refractivity contribution < 1.29 is 23.8 Å². The Balaban J connectivity index is 1.81. The second kappa shape index (κ2) is 8.16. The summed E-state index contributed by atoms with van der Waals surface area (Å²) in [5, 5.41) is 3.50. The van der Waals surface area contributed by atoms with Gasteiger partial charge < -0.3 is 19.5 Å². The highest BCUT2D eigenvalue weighted by atomic mass is 16.6. The van der Waals surface area contributed by atoms with Crippen LogP contribution in [-0.4, -0.2) is 43.9 Å². The van der Waals surface area contributed by atoms with E-state index in [2.05, 4.69) is 5.32 Å². The highest BCUT2D eigenvalue weighted by molar-refractivity contribution is 6.05. The number of anilines is 1. The lowest BCUT2D eigenvalue weighted by atomic mass is 9.79. The molecular formula is C24H23NO5. The van der Waals surface area contributed by atoms with E-state index in [4.69, 9.17) is 14.2 Å². The van der Waals surface area contributed by atoms with Gasteiger partial charge in [0, 0.05) is 5.69 Å². The van der Waals surface area contributed by atoms with Crippen LogP contribution in [0.5, 0.6) is 0 Å². The molecule has 2 aliphatic heterocycles. The van der Waals surface area contributed by atoms with E-state index < -0.39 is 23.6 Å². The number of para-hydroxylation sites is 1. The third-order valence-corrected chi connectivity index (χ3v) is 5.50. The van der Waals surface area contributed by atoms with Gasteiger partial charge in [-0.15, -0.1) is 0 Å². The molecule has 2 aromatic rings. The predicted molar refractivity (Wildman–Crippen MR) is 112 cm³/mol. The standard InChI is InChI=1S/C24H23NO5/c1-28-22(26)20-18-13-14-24(30-18,21(20)23(27)29-2)19(15-16-9-5-3-6-10-16)25-17-11-7-4-8-12-17/h3-14,18-19,25H,15H2,1-2H3/t18?,19-,24?/m0/s1. The molecular weight excluding hydrogens is 382 g/mol. The minimum absolute atomic E-state index is 0.189. The van der Waals surface area contributed by atoms with E-state index in [0.29, 0.717) is 6.42 Å². The summed E-state index contributed by atoms with van der Waals surface area (Å²) in [5.41, 5.74) is 1.17. The van der Waals surface area contributed by atoms with E-state index in [1.165, 1.54) is 14.2 Å². The van der Waals surface area contributed by atoms with Crippen molar-refractivity contribution in [2.75, 3.05) is 19.5 Å². The molecule has 0 radical (unpaired) electrons. The average Bonchev–Trinajstić information content (AvgIpc) is 3.37. The van der Waals surface area contributed by atoms with Gasteiger partial charge in [-0.05, 0) is 30.2 Å². The van der Waals surface area contributed by atoms with Crippen LogP contribution in [0.4, 0.5) is 5.69 Å². The van der Waals surface area contributed by atoms with E-state index in [-0.39, 0.29) is 17.2 Å². The predicted octanol–water partition coefficient (Wildman–Crippen LogP) is 3.06. The maximum atomic E-state index is 12.8. The Hall–Kier alpha value is -3.38. The highest BCUT2D eigenvalue weighted by Gasteiger charge is 2.58. The highest BCUT2D eigenvalue weighted by Crippen LogP contribution is 2.47. The van der Waals surface area contributed by atoms with Crippen LogP contribution in [0.15, 0.2) is 84.0 Å². The lowest BCUT2D eigenvalue weighted by molar-refractivity contribution is -0.139. The van der Waals surface area contributed by atoms with Crippen molar-refractivity contribution >= 4 is 17.6 Å². The van der Waals surface area contributed by atoms with Crippen molar-refractivity contribution in [2.24, 2.45) is 0 Å². The summed E-state index contributed by atoms with van der Waals surface area (Å²) in [6, 6.07) is 19.2. The SMILES string of the molecule is COC(=O)C1=C(C(=O)OC)C2([C@H](Cc3ccccc3)Nc3ccccc3)C=CC1O2. The Bertz CT molecular complexity index is 957. The molecule has 2 heterocycles. The molecule has 2 aromatic carbocycles. The van der Waals surface area contributed by atoms with Crippen LogP contribution in [-0.2, 0) is 30.2 Å². The quantitative estimate of drug-likeness (QED) is 0.564. The zero-order valence-corrected chi connectivity index (χ0v) is 16.8. The van der Waals surface area contributed by atoms with Crippen LogP contribution in [0, 0.1) is 0 Å². The van der Waals surface area contributed by atoms with Gasteiger partial charge in [-0.2, -0.15) is 0 Å². The van der Waals surface area contributed by atoms with E-state index >= 15 is 0 Å². The van der Waals surface area contributed by atoms with Gasteiger partial charge in [-0.1, -0.05) is 54.6 Å². The normalized spacial score (nSPS) is 22.7. The van der Waals surface area contributed by atoms with E-state index in [1.54, 1.807) is 6.08 Å². The van der Waals surface area contributed by atoms with Crippen LogP contribution in [0.2, 0.25) is 0 Å². The topological polar surface area (TPSA) is 73.9 Å². The second-order valence-electron chi connectivity index (χ2n) is 7.22. The summed E-state index contributed by atoms with van der Waals surface area (Å²) < 4.78 is 16.3. The van der Waals surface area contributed by atoms with Gasteiger partial charge >= 0.3 is 11.9 Å². The summed E-state index contributed by atoms with van der Waals surface area (Å²) in [6.45, 7) is 0. The number of fused-ring (bicyclic) bond motifs is 2. The lowest BCUT2D eigenvalue weighted by Gasteiger charge is -2.36. The first-order chi connectivity index (χ1) is 14.6.